The van der Waals surface area contributed by atoms with Crippen LogP contribution < -0.4 is 0 Å². The topological polar surface area (TPSA) is 55.0 Å². The second kappa shape index (κ2) is 10.1. The van der Waals surface area contributed by atoms with Crippen molar-refractivity contribution in [1.82, 2.24) is 34.3 Å². The first-order valence-electron chi connectivity index (χ1n) is 12.8. The molecule has 1 unspecified atom stereocenters. The molecule has 0 radical (unpaired) electrons. The van der Waals surface area contributed by atoms with Crippen molar-refractivity contribution >= 4 is 0 Å². The first-order chi connectivity index (χ1) is 17.3. The third-order valence-corrected chi connectivity index (χ3v) is 7.50. The zero-order valence-corrected chi connectivity index (χ0v) is 20.2. The highest BCUT2D eigenvalue weighted by Crippen LogP contribution is 2.33. The molecule has 0 N–H and O–H groups in total. The molecular formula is C28H33N7. The van der Waals surface area contributed by atoms with Crippen LogP contribution in [0.4, 0.5) is 0 Å². The van der Waals surface area contributed by atoms with E-state index in [0.29, 0.717) is 6.04 Å². The fourth-order valence-corrected chi connectivity index (χ4v) is 5.69. The van der Waals surface area contributed by atoms with Gasteiger partial charge < -0.3 is 4.57 Å². The van der Waals surface area contributed by atoms with Crippen LogP contribution in [-0.2, 0) is 13.1 Å². The van der Waals surface area contributed by atoms with Gasteiger partial charge in [0.25, 0.3) is 0 Å². The molecule has 2 atom stereocenters. The molecule has 2 saturated heterocycles. The normalized spacial score (nSPS) is 19.9. The molecule has 2 aliphatic rings. The maximum atomic E-state index is 4.68. The van der Waals surface area contributed by atoms with Gasteiger partial charge in [0.15, 0.2) is 5.82 Å². The van der Waals surface area contributed by atoms with Gasteiger partial charge in [-0.15, -0.1) is 10.2 Å². The molecule has 2 aromatic carbocycles. The second-order valence-corrected chi connectivity index (χ2v) is 9.83. The van der Waals surface area contributed by atoms with Crippen LogP contribution in [0.3, 0.4) is 0 Å². The van der Waals surface area contributed by atoms with E-state index < -0.39 is 0 Å². The summed E-state index contributed by atoms with van der Waals surface area (Å²) < 4.78 is 4.19. The van der Waals surface area contributed by atoms with Gasteiger partial charge in [-0.25, -0.2) is 0 Å². The van der Waals surface area contributed by atoms with Crippen LogP contribution in [0.5, 0.6) is 0 Å². The van der Waals surface area contributed by atoms with E-state index >= 15 is 0 Å². The summed E-state index contributed by atoms with van der Waals surface area (Å²) in [6, 6.07) is 22.3. The van der Waals surface area contributed by atoms with Crippen LogP contribution in [0.25, 0.3) is 0 Å². The highest BCUT2D eigenvalue weighted by molar-refractivity contribution is 5.30. The number of benzene rings is 2. The van der Waals surface area contributed by atoms with E-state index in [4.69, 9.17) is 0 Å². The smallest absolute Gasteiger partial charge is 0.155 e. The Morgan fingerprint density at radius 2 is 1.66 bits per heavy atom. The first kappa shape index (κ1) is 22.2. The van der Waals surface area contributed by atoms with Crippen molar-refractivity contribution in [2.24, 2.45) is 0 Å². The lowest BCUT2D eigenvalue weighted by molar-refractivity contribution is 0.210. The molecule has 0 aliphatic carbocycles. The van der Waals surface area contributed by atoms with Crippen molar-refractivity contribution in [3.05, 3.63) is 102 Å². The molecule has 180 valence electrons. The summed E-state index contributed by atoms with van der Waals surface area (Å²) in [5.74, 6) is 1.02. The van der Waals surface area contributed by atoms with E-state index in [0.717, 1.165) is 32.0 Å². The molecule has 2 fully saturated rings. The fraction of sp³-hybridized carbons (Fsp3) is 0.393. The summed E-state index contributed by atoms with van der Waals surface area (Å²) in [5.41, 5.74) is 3.79. The molecule has 0 spiro atoms. The molecule has 0 saturated carbocycles. The lowest BCUT2D eigenvalue weighted by Crippen LogP contribution is -2.37. The second-order valence-electron chi connectivity index (χ2n) is 9.83. The Balaban J connectivity index is 1.29. The number of likely N-dealkylation sites (tertiary alicyclic amines) is 2. The van der Waals surface area contributed by atoms with E-state index in [2.05, 4.69) is 84.3 Å². The van der Waals surface area contributed by atoms with Crippen molar-refractivity contribution < 1.29 is 0 Å². The monoisotopic (exact) mass is 467 g/mol. The summed E-state index contributed by atoms with van der Waals surface area (Å²) in [7, 11) is 0. The standard InChI is InChI=1S/C28H33N7/c1-2-7-23(8-3-1)19-34-22-29-31-28(34)27(33-18-13-26(21-33)32-15-4-5-16-32)25-11-9-24(10-12-25)20-35-17-6-14-30-35/h1-3,6-12,14,17,22,26-27H,4-5,13,15-16,18-21H2/t26-,27?/m1/s1. The van der Waals surface area contributed by atoms with Gasteiger partial charge in [0, 0.05) is 31.5 Å². The number of hydrogen-bond donors (Lipinski definition) is 0. The van der Waals surface area contributed by atoms with Gasteiger partial charge >= 0.3 is 0 Å². The molecule has 35 heavy (non-hydrogen) atoms. The third kappa shape index (κ3) is 4.92. The summed E-state index contributed by atoms with van der Waals surface area (Å²) in [6.07, 6.45) is 9.61. The van der Waals surface area contributed by atoms with Crippen LogP contribution in [0.15, 0.2) is 79.4 Å². The Kier molecular flexibility index (Phi) is 6.43. The highest BCUT2D eigenvalue weighted by atomic mass is 15.3. The van der Waals surface area contributed by atoms with Gasteiger partial charge in [0.05, 0.1) is 19.1 Å². The number of hydrogen-bond acceptors (Lipinski definition) is 5. The maximum Gasteiger partial charge on any atom is 0.155 e. The molecule has 4 heterocycles. The van der Waals surface area contributed by atoms with Crippen LogP contribution in [0.2, 0.25) is 0 Å². The molecule has 4 aromatic rings. The van der Waals surface area contributed by atoms with Gasteiger partial charge in [-0.1, -0.05) is 54.6 Å². The molecule has 6 rings (SSSR count). The van der Waals surface area contributed by atoms with Crippen molar-refractivity contribution in [2.75, 3.05) is 26.2 Å². The lowest BCUT2D eigenvalue weighted by Gasteiger charge is -2.29. The quantitative estimate of drug-likeness (QED) is 0.394. The third-order valence-electron chi connectivity index (χ3n) is 7.50. The molecule has 2 aliphatic heterocycles. The summed E-state index contributed by atoms with van der Waals surface area (Å²) in [4.78, 5) is 5.32. The SMILES string of the molecule is c1ccc(Cn2cnnc2C(c2ccc(Cn3cccn3)cc2)N2CC[C@@H](N3CCCC3)C2)cc1. The van der Waals surface area contributed by atoms with E-state index in [9.17, 15) is 0 Å². The van der Waals surface area contributed by atoms with Crippen LogP contribution in [-0.4, -0.2) is 66.6 Å². The Bertz CT molecular complexity index is 1190. The Morgan fingerprint density at radius 3 is 2.43 bits per heavy atom. The van der Waals surface area contributed by atoms with Crippen LogP contribution >= 0.6 is 0 Å². The molecule has 2 aromatic heterocycles. The van der Waals surface area contributed by atoms with E-state index in [1.165, 1.54) is 49.0 Å². The Labute approximate surface area is 207 Å². The molecule has 0 bridgehead atoms. The predicted octanol–water partition coefficient (Wildman–Crippen LogP) is 3.83. The van der Waals surface area contributed by atoms with E-state index in [1.54, 1.807) is 0 Å². The highest BCUT2D eigenvalue weighted by Gasteiger charge is 2.36. The Hall–Kier alpha value is -3.29. The summed E-state index contributed by atoms with van der Waals surface area (Å²) >= 11 is 0. The lowest BCUT2D eigenvalue weighted by atomic mass is 10.0. The van der Waals surface area contributed by atoms with Gasteiger partial charge in [-0.3, -0.25) is 14.5 Å². The van der Waals surface area contributed by atoms with Gasteiger partial charge in [0.1, 0.15) is 6.33 Å². The van der Waals surface area contributed by atoms with Crippen LogP contribution in [0.1, 0.15) is 47.8 Å². The number of rotatable bonds is 8. The predicted molar refractivity (Wildman–Crippen MR) is 136 cm³/mol. The fourth-order valence-electron chi connectivity index (χ4n) is 5.69. The average molecular weight is 468 g/mol. The molecule has 0 amide bonds. The van der Waals surface area contributed by atoms with E-state index in [-0.39, 0.29) is 6.04 Å². The zero-order chi connectivity index (χ0) is 23.5. The molecule has 7 nitrogen and oxygen atoms in total. The molecular weight excluding hydrogens is 434 g/mol. The van der Waals surface area contributed by atoms with Gasteiger partial charge in [-0.2, -0.15) is 5.10 Å². The van der Waals surface area contributed by atoms with Gasteiger partial charge in [0.2, 0.25) is 0 Å². The van der Waals surface area contributed by atoms with Gasteiger partial charge in [-0.05, 0) is 55.1 Å². The largest absolute Gasteiger partial charge is 0.311 e. The molecule has 7 heteroatoms. The minimum atomic E-state index is 0.0903. The van der Waals surface area contributed by atoms with Crippen molar-refractivity contribution in [3.8, 4) is 0 Å². The van der Waals surface area contributed by atoms with E-state index in [1.807, 2.05) is 29.5 Å². The zero-order valence-electron chi connectivity index (χ0n) is 20.2. The van der Waals surface area contributed by atoms with Crippen molar-refractivity contribution in [1.29, 1.82) is 0 Å². The average Bonchev–Trinajstić information content (AvgIpc) is 3.70. The number of aromatic nitrogens is 5. The minimum Gasteiger partial charge on any atom is -0.311 e. The van der Waals surface area contributed by atoms with Crippen molar-refractivity contribution in [2.45, 2.75) is 44.4 Å². The maximum absolute atomic E-state index is 4.68. The number of nitrogens with zero attached hydrogens (tertiary/aromatic N) is 7. The minimum absolute atomic E-state index is 0.0903. The van der Waals surface area contributed by atoms with Crippen LogP contribution in [0, 0.1) is 0 Å². The van der Waals surface area contributed by atoms with Crippen molar-refractivity contribution in [3.63, 3.8) is 0 Å². The summed E-state index contributed by atoms with van der Waals surface area (Å²) in [6.45, 7) is 6.21. The Morgan fingerprint density at radius 1 is 0.857 bits per heavy atom. The summed E-state index contributed by atoms with van der Waals surface area (Å²) in [5, 5.41) is 13.4. The first-order valence-corrected chi connectivity index (χ1v) is 12.8.